The first-order valence-corrected chi connectivity index (χ1v) is 8.84. The van der Waals surface area contributed by atoms with Crippen LogP contribution in [0.5, 0.6) is 0 Å². The molecule has 0 radical (unpaired) electrons. The normalized spacial score (nSPS) is 19.8. The fourth-order valence-corrected chi connectivity index (χ4v) is 4.53. The Morgan fingerprint density at radius 3 is 2.90 bits per heavy atom. The Balaban J connectivity index is 2.34. The molecule has 1 atom stereocenters. The molecule has 1 aliphatic heterocycles. The van der Waals surface area contributed by atoms with Crippen LogP contribution < -0.4 is 5.73 Å². The highest BCUT2D eigenvalue weighted by atomic mass is 32.2. The number of piperidine rings is 1. The van der Waals surface area contributed by atoms with E-state index in [2.05, 4.69) is 11.8 Å². The first-order chi connectivity index (χ1) is 10.1. The SMILES string of the molecule is CCC1CCCCN1S(=O)(=O)c1cccc(C#CCN)c1. The van der Waals surface area contributed by atoms with Gasteiger partial charge in [-0.05, 0) is 37.5 Å². The van der Waals surface area contributed by atoms with Crippen LogP contribution in [-0.2, 0) is 10.0 Å². The van der Waals surface area contributed by atoms with Crippen molar-refractivity contribution in [1.82, 2.24) is 4.31 Å². The second-order valence-electron chi connectivity index (χ2n) is 5.21. The van der Waals surface area contributed by atoms with Gasteiger partial charge in [0.25, 0.3) is 0 Å². The molecule has 1 unspecified atom stereocenters. The molecule has 0 aromatic heterocycles. The van der Waals surface area contributed by atoms with E-state index in [1.54, 1.807) is 28.6 Å². The van der Waals surface area contributed by atoms with Crippen LogP contribution in [0.1, 0.15) is 38.2 Å². The lowest BCUT2D eigenvalue weighted by atomic mass is 10.0. The summed E-state index contributed by atoms with van der Waals surface area (Å²) in [5, 5.41) is 0. The lowest BCUT2D eigenvalue weighted by Gasteiger charge is -2.34. The van der Waals surface area contributed by atoms with E-state index in [0.717, 1.165) is 25.7 Å². The summed E-state index contributed by atoms with van der Waals surface area (Å²) in [6, 6.07) is 6.93. The van der Waals surface area contributed by atoms with E-state index in [9.17, 15) is 8.42 Å². The van der Waals surface area contributed by atoms with E-state index in [1.165, 1.54) is 0 Å². The van der Waals surface area contributed by atoms with Crippen LogP contribution in [0.2, 0.25) is 0 Å². The summed E-state index contributed by atoms with van der Waals surface area (Å²) in [6.07, 6.45) is 3.84. The molecular formula is C16H22N2O2S. The van der Waals surface area contributed by atoms with Gasteiger partial charge in [-0.2, -0.15) is 4.31 Å². The summed E-state index contributed by atoms with van der Waals surface area (Å²) in [6.45, 7) is 2.92. The van der Waals surface area contributed by atoms with Gasteiger partial charge in [-0.15, -0.1) is 0 Å². The smallest absolute Gasteiger partial charge is 0.243 e. The number of rotatable bonds is 3. The van der Waals surface area contributed by atoms with Crippen molar-refractivity contribution >= 4 is 10.0 Å². The van der Waals surface area contributed by atoms with E-state index in [4.69, 9.17) is 5.73 Å². The molecule has 0 spiro atoms. The van der Waals surface area contributed by atoms with Crippen LogP contribution >= 0.6 is 0 Å². The highest BCUT2D eigenvalue weighted by Gasteiger charge is 2.32. The minimum absolute atomic E-state index is 0.113. The third kappa shape index (κ3) is 3.65. The number of nitrogens with zero attached hydrogens (tertiary/aromatic N) is 1. The van der Waals surface area contributed by atoms with Crippen molar-refractivity contribution in [3.63, 3.8) is 0 Å². The molecule has 1 heterocycles. The Labute approximate surface area is 127 Å². The summed E-state index contributed by atoms with van der Waals surface area (Å²) in [4.78, 5) is 0.326. The Kier molecular flexibility index (Phi) is 5.40. The summed E-state index contributed by atoms with van der Waals surface area (Å²) < 4.78 is 27.3. The van der Waals surface area contributed by atoms with Gasteiger partial charge in [-0.3, -0.25) is 0 Å². The molecule has 0 aliphatic carbocycles. The predicted octanol–water partition coefficient (Wildman–Crippen LogP) is 1.95. The van der Waals surface area contributed by atoms with Gasteiger partial charge in [-0.1, -0.05) is 31.3 Å². The van der Waals surface area contributed by atoms with Crippen LogP contribution in [0.25, 0.3) is 0 Å². The minimum Gasteiger partial charge on any atom is -0.320 e. The summed E-state index contributed by atoms with van der Waals surface area (Å²) in [5.41, 5.74) is 6.04. The second kappa shape index (κ2) is 7.08. The van der Waals surface area contributed by atoms with Crippen molar-refractivity contribution in [3.05, 3.63) is 29.8 Å². The largest absolute Gasteiger partial charge is 0.320 e. The van der Waals surface area contributed by atoms with Gasteiger partial charge in [0.15, 0.2) is 0 Å². The van der Waals surface area contributed by atoms with Gasteiger partial charge in [0.1, 0.15) is 0 Å². The number of sulfonamides is 1. The van der Waals surface area contributed by atoms with Gasteiger partial charge in [0.2, 0.25) is 10.0 Å². The number of benzene rings is 1. The van der Waals surface area contributed by atoms with Crippen molar-refractivity contribution in [3.8, 4) is 11.8 Å². The van der Waals surface area contributed by atoms with Crippen molar-refractivity contribution in [2.24, 2.45) is 5.73 Å². The molecule has 1 aromatic rings. The quantitative estimate of drug-likeness (QED) is 0.868. The molecule has 0 saturated carbocycles. The van der Waals surface area contributed by atoms with E-state index < -0.39 is 10.0 Å². The summed E-state index contributed by atoms with van der Waals surface area (Å²) in [7, 11) is -3.44. The Morgan fingerprint density at radius 1 is 1.38 bits per heavy atom. The summed E-state index contributed by atoms with van der Waals surface area (Å²) in [5.74, 6) is 5.64. The van der Waals surface area contributed by atoms with Crippen LogP contribution in [0.3, 0.4) is 0 Å². The standard InChI is InChI=1S/C16H22N2O2S/c1-2-15-9-3-4-12-18(15)21(19,20)16-10-5-7-14(13-16)8-6-11-17/h5,7,10,13,15H,2-4,9,11-12,17H2,1H3. The van der Waals surface area contributed by atoms with Crippen LogP contribution in [0, 0.1) is 11.8 Å². The molecule has 4 nitrogen and oxygen atoms in total. The lowest BCUT2D eigenvalue weighted by molar-refractivity contribution is 0.246. The molecule has 21 heavy (non-hydrogen) atoms. The first kappa shape index (κ1) is 16.0. The minimum atomic E-state index is -3.44. The number of hydrogen-bond donors (Lipinski definition) is 1. The van der Waals surface area contributed by atoms with Crippen molar-refractivity contribution in [1.29, 1.82) is 0 Å². The van der Waals surface area contributed by atoms with E-state index in [-0.39, 0.29) is 12.6 Å². The molecule has 114 valence electrons. The molecule has 5 heteroatoms. The molecule has 0 amide bonds. The Hall–Kier alpha value is -1.35. The summed E-state index contributed by atoms with van der Waals surface area (Å²) >= 11 is 0. The zero-order valence-electron chi connectivity index (χ0n) is 12.4. The van der Waals surface area contributed by atoms with E-state index in [1.807, 2.05) is 6.92 Å². The van der Waals surface area contributed by atoms with Crippen LogP contribution in [-0.4, -0.2) is 31.9 Å². The predicted molar refractivity (Wildman–Crippen MR) is 84.2 cm³/mol. The van der Waals surface area contributed by atoms with Crippen molar-refractivity contribution in [2.75, 3.05) is 13.1 Å². The Morgan fingerprint density at radius 2 is 2.19 bits per heavy atom. The number of nitrogens with two attached hydrogens (primary N) is 1. The van der Waals surface area contributed by atoms with Crippen LogP contribution in [0.15, 0.2) is 29.2 Å². The maximum atomic E-state index is 12.8. The maximum Gasteiger partial charge on any atom is 0.243 e. The highest BCUT2D eigenvalue weighted by Crippen LogP contribution is 2.27. The third-order valence-corrected chi connectivity index (χ3v) is 5.77. The molecular weight excluding hydrogens is 284 g/mol. The number of hydrogen-bond acceptors (Lipinski definition) is 3. The van der Waals surface area contributed by atoms with Gasteiger partial charge < -0.3 is 5.73 Å². The molecule has 2 rings (SSSR count). The zero-order chi connectivity index (χ0) is 15.3. The third-order valence-electron chi connectivity index (χ3n) is 3.82. The molecule has 1 saturated heterocycles. The van der Waals surface area contributed by atoms with Gasteiger partial charge in [-0.25, -0.2) is 8.42 Å². The molecule has 0 bridgehead atoms. The highest BCUT2D eigenvalue weighted by molar-refractivity contribution is 7.89. The van der Waals surface area contributed by atoms with Crippen molar-refractivity contribution in [2.45, 2.75) is 43.5 Å². The van der Waals surface area contributed by atoms with Gasteiger partial charge in [0, 0.05) is 18.2 Å². The fraction of sp³-hybridized carbons (Fsp3) is 0.500. The van der Waals surface area contributed by atoms with Gasteiger partial charge in [0.05, 0.1) is 11.4 Å². The fourth-order valence-electron chi connectivity index (χ4n) is 2.72. The molecule has 2 N–H and O–H groups in total. The molecule has 1 aliphatic rings. The van der Waals surface area contributed by atoms with Crippen LogP contribution in [0.4, 0.5) is 0 Å². The molecule has 1 aromatic carbocycles. The maximum absolute atomic E-state index is 12.8. The van der Waals surface area contributed by atoms with E-state index >= 15 is 0 Å². The second-order valence-corrected chi connectivity index (χ2v) is 7.10. The van der Waals surface area contributed by atoms with E-state index in [0.29, 0.717) is 17.0 Å². The Bertz CT molecular complexity index is 644. The van der Waals surface area contributed by atoms with Gasteiger partial charge >= 0.3 is 0 Å². The van der Waals surface area contributed by atoms with Crippen molar-refractivity contribution < 1.29 is 8.42 Å². The average Bonchev–Trinajstić information content (AvgIpc) is 2.53. The molecule has 1 fully saturated rings. The topological polar surface area (TPSA) is 63.4 Å². The zero-order valence-corrected chi connectivity index (χ0v) is 13.2. The average molecular weight is 306 g/mol. The monoisotopic (exact) mass is 306 g/mol. The lowest BCUT2D eigenvalue weighted by Crippen LogP contribution is -2.43. The first-order valence-electron chi connectivity index (χ1n) is 7.40.